The van der Waals surface area contributed by atoms with Gasteiger partial charge in [-0.05, 0) is 30.4 Å². The largest absolute Gasteiger partial charge is 0.352 e. The number of hydrogen-bond donors (Lipinski definition) is 3. The van der Waals surface area contributed by atoms with Gasteiger partial charge in [0.05, 0.1) is 6.20 Å². The van der Waals surface area contributed by atoms with E-state index in [4.69, 9.17) is 5.73 Å². The second-order valence-electron chi connectivity index (χ2n) is 4.34. The molecule has 88 valence electrons. The molecule has 1 atom stereocenters. The number of urea groups is 1. The van der Waals surface area contributed by atoms with Crippen molar-refractivity contribution in [1.82, 2.24) is 20.5 Å². The number of hydrogen-bond acceptors (Lipinski definition) is 3. The molecule has 0 bridgehead atoms. The molecule has 0 fully saturated rings. The van der Waals surface area contributed by atoms with Gasteiger partial charge >= 0.3 is 6.03 Å². The summed E-state index contributed by atoms with van der Waals surface area (Å²) in [5.74, 6) is 0. The van der Waals surface area contributed by atoms with Gasteiger partial charge in [0.2, 0.25) is 0 Å². The standard InChI is InChI=1S/C11H13N5O/c12-11(17)15-7-1-2-8-6(3-7)4-13-10-9(8)5-14-16-10/h4-5,7H,1-3H2,(H3,12,15,17)(H,13,14,16). The van der Waals surface area contributed by atoms with E-state index in [-0.39, 0.29) is 6.04 Å². The Hall–Kier alpha value is -2.11. The normalized spacial score (nSPS) is 18.9. The van der Waals surface area contributed by atoms with Gasteiger partial charge in [0.15, 0.2) is 5.65 Å². The molecular formula is C11H13N5O. The molecule has 2 amide bonds. The average Bonchev–Trinajstić information content (AvgIpc) is 2.76. The lowest BCUT2D eigenvalue weighted by molar-refractivity contribution is 0.244. The lowest BCUT2D eigenvalue weighted by atomic mass is 9.88. The summed E-state index contributed by atoms with van der Waals surface area (Å²) in [6.07, 6.45) is 6.26. The molecule has 3 rings (SSSR count). The van der Waals surface area contributed by atoms with Crippen LogP contribution in [-0.4, -0.2) is 27.3 Å². The first-order chi connectivity index (χ1) is 8.24. The Morgan fingerprint density at radius 1 is 1.53 bits per heavy atom. The number of fused-ring (bicyclic) bond motifs is 3. The maximum Gasteiger partial charge on any atom is 0.312 e. The minimum Gasteiger partial charge on any atom is -0.352 e. The molecule has 2 aromatic rings. The Balaban J connectivity index is 1.95. The number of rotatable bonds is 1. The number of H-pyrrole nitrogens is 1. The maximum atomic E-state index is 10.8. The first-order valence-electron chi connectivity index (χ1n) is 5.60. The molecule has 0 aromatic carbocycles. The molecule has 2 aromatic heterocycles. The van der Waals surface area contributed by atoms with Crippen molar-refractivity contribution < 1.29 is 4.79 Å². The Morgan fingerprint density at radius 3 is 3.24 bits per heavy atom. The van der Waals surface area contributed by atoms with Crippen molar-refractivity contribution in [2.24, 2.45) is 5.73 Å². The van der Waals surface area contributed by atoms with E-state index in [2.05, 4.69) is 20.5 Å². The number of nitrogens with one attached hydrogen (secondary N) is 2. The number of pyridine rings is 1. The van der Waals surface area contributed by atoms with Gasteiger partial charge in [0, 0.05) is 17.6 Å². The van der Waals surface area contributed by atoms with Gasteiger partial charge in [-0.1, -0.05) is 0 Å². The fourth-order valence-electron chi connectivity index (χ4n) is 2.47. The van der Waals surface area contributed by atoms with Gasteiger partial charge in [-0.3, -0.25) is 5.10 Å². The van der Waals surface area contributed by atoms with Crippen molar-refractivity contribution in [3.05, 3.63) is 23.5 Å². The second kappa shape index (κ2) is 3.73. The number of aromatic amines is 1. The summed E-state index contributed by atoms with van der Waals surface area (Å²) >= 11 is 0. The molecule has 0 spiro atoms. The summed E-state index contributed by atoms with van der Waals surface area (Å²) < 4.78 is 0. The van der Waals surface area contributed by atoms with Crippen LogP contribution in [0.4, 0.5) is 4.79 Å². The van der Waals surface area contributed by atoms with Crippen LogP contribution in [0, 0.1) is 0 Å². The highest BCUT2D eigenvalue weighted by molar-refractivity contribution is 5.79. The van der Waals surface area contributed by atoms with Crippen LogP contribution < -0.4 is 11.1 Å². The minimum absolute atomic E-state index is 0.117. The number of primary amides is 1. The number of carbonyl (C=O) groups is 1. The second-order valence-corrected chi connectivity index (χ2v) is 4.34. The van der Waals surface area contributed by atoms with Crippen LogP contribution in [0.2, 0.25) is 0 Å². The quantitative estimate of drug-likeness (QED) is 0.666. The van der Waals surface area contributed by atoms with Crippen molar-refractivity contribution in [2.75, 3.05) is 0 Å². The van der Waals surface area contributed by atoms with Crippen LogP contribution in [0.15, 0.2) is 12.4 Å². The van der Waals surface area contributed by atoms with Crippen LogP contribution in [0.1, 0.15) is 17.5 Å². The van der Waals surface area contributed by atoms with Gasteiger partial charge in [-0.2, -0.15) is 5.10 Å². The molecule has 0 saturated carbocycles. The van der Waals surface area contributed by atoms with Crippen LogP contribution >= 0.6 is 0 Å². The summed E-state index contributed by atoms with van der Waals surface area (Å²) in [5.41, 5.74) is 8.41. The zero-order valence-corrected chi connectivity index (χ0v) is 9.23. The van der Waals surface area contributed by atoms with Crippen LogP contribution in [-0.2, 0) is 12.8 Å². The van der Waals surface area contributed by atoms with Gasteiger partial charge in [-0.15, -0.1) is 0 Å². The topological polar surface area (TPSA) is 96.7 Å². The molecule has 1 aliphatic carbocycles. The molecule has 2 heterocycles. The predicted molar refractivity (Wildman–Crippen MR) is 62.4 cm³/mol. The third-order valence-corrected chi connectivity index (χ3v) is 3.24. The highest BCUT2D eigenvalue weighted by Crippen LogP contribution is 2.26. The van der Waals surface area contributed by atoms with Crippen molar-refractivity contribution in [3.8, 4) is 0 Å². The van der Waals surface area contributed by atoms with Crippen molar-refractivity contribution in [2.45, 2.75) is 25.3 Å². The van der Waals surface area contributed by atoms with Crippen LogP contribution in [0.5, 0.6) is 0 Å². The van der Waals surface area contributed by atoms with Gasteiger partial charge in [-0.25, -0.2) is 9.78 Å². The smallest absolute Gasteiger partial charge is 0.312 e. The summed E-state index contributed by atoms with van der Waals surface area (Å²) in [5, 5.41) is 10.7. The molecule has 6 nitrogen and oxygen atoms in total. The van der Waals surface area contributed by atoms with Crippen LogP contribution in [0.25, 0.3) is 11.0 Å². The monoisotopic (exact) mass is 231 g/mol. The molecule has 17 heavy (non-hydrogen) atoms. The molecule has 1 aliphatic rings. The van der Waals surface area contributed by atoms with E-state index in [0.29, 0.717) is 0 Å². The zero-order chi connectivity index (χ0) is 11.8. The van der Waals surface area contributed by atoms with Gasteiger partial charge < -0.3 is 11.1 Å². The van der Waals surface area contributed by atoms with Crippen molar-refractivity contribution >= 4 is 17.1 Å². The highest BCUT2D eigenvalue weighted by Gasteiger charge is 2.21. The van der Waals surface area contributed by atoms with E-state index >= 15 is 0 Å². The molecule has 0 radical (unpaired) electrons. The molecule has 1 unspecified atom stereocenters. The summed E-state index contributed by atoms with van der Waals surface area (Å²) in [6, 6.07) is -0.345. The molecule has 6 heteroatoms. The predicted octanol–water partition coefficient (Wildman–Crippen LogP) is 0.483. The summed E-state index contributed by atoms with van der Waals surface area (Å²) in [6.45, 7) is 0. The van der Waals surface area contributed by atoms with Crippen molar-refractivity contribution in [3.63, 3.8) is 0 Å². The lowest BCUT2D eigenvalue weighted by Gasteiger charge is -2.24. The Morgan fingerprint density at radius 2 is 2.41 bits per heavy atom. The first kappa shape index (κ1) is 10.1. The highest BCUT2D eigenvalue weighted by atomic mass is 16.2. The number of aromatic nitrogens is 3. The van der Waals surface area contributed by atoms with Crippen molar-refractivity contribution in [1.29, 1.82) is 0 Å². The summed E-state index contributed by atoms with van der Waals surface area (Å²) in [4.78, 5) is 15.1. The lowest BCUT2D eigenvalue weighted by Crippen LogP contribution is -2.41. The Bertz CT molecular complexity index is 576. The third kappa shape index (κ3) is 1.71. The Labute approximate surface area is 97.6 Å². The molecule has 0 aliphatic heterocycles. The maximum absolute atomic E-state index is 10.8. The fraction of sp³-hybridized carbons (Fsp3) is 0.364. The van der Waals surface area contributed by atoms with E-state index in [1.54, 1.807) is 0 Å². The molecule has 4 N–H and O–H groups in total. The summed E-state index contributed by atoms with van der Waals surface area (Å²) in [7, 11) is 0. The first-order valence-corrected chi connectivity index (χ1v) is 5.60. The zero-order valence-electron chi connectivity index (χ0n) is 9.23. The number of amides is 2. The molecule has 0 saturated heterocycles. The Kier molecular flexibility index (Phi) is 2.21. The number of aryl methyl sites for hydroxylation is 1. The van der Waals surface area contributed by atoms with Gasteiger partial charge in [0.25, 0.3) is 0 Å². The number of carbonyl (C=O) groups excluding carboxylic acids is 1. The molecular weight excluding hydrogens is 218 g/mol. The average molecular weight is 231 g/mol. The third-order valence-electron chi connectivity index (χ3n) is 3.24. The van der Waals surface area contributed by atoms with E-state index in [1.165, 1.54) is 11.1 Å². The van der Waals surface area contributed by atoms with E-state index in [1.807, 2.05) is 12.4 Å². The van der Waals surface area contributed by atoms with E-state index in [0.717, 1.165) is 30.3 Å². The van der Waals surface area contributed by atoms with Gasteiger partial charge in [0.1, 0.15) is 0 Å². The fourth-order valence-corrected chi connectivity index (χ4v) is 2.47. The van der Waals surface area contributed by atoms with E-state index in [9.17, 15) is 4.79 Å². The minimum atomic E-state index is -0.462. The van der Waals surface area contributed by atoms with E-state index < -0.39 is 6.03 Å². The SMILES string of the molecule is NC(=O)NC1CCc2c(cnc3[nH]ncc23)C1. The van der Waals surface area contributed by atoms with Crippen LogP contribution in [0.3, 0.4) is 0 Å². The number of nitrogens with zero attached hydrogens (tertiary/aromatic N) is 2. The number of nitrogens with two attached hydrogens (primary N) is 1.